The molecule has 0 heterocycles. The third-order valence-corrected chi connectivity index (χ3v) is 3.65. The van der Waals surface area contributed by atoms with Crippen molar-refractivity contribution in [3.05, 3.63) is 28.8 Å². The van der Waals surface area contributed by atoms with E-state index in [-0.39, 0.29) is 12.6 Å². The third-order valence-electron chi connectivity index (χ3n) is 3.65. The molecule has 1 aliphatic carbocycles. The summed E-state index contributed by atoms with van der Waals surface area (Å²) in [5.41, 5.74) is 8.32. The van der Waals surface area contributed by atoms with E-state index < -0.39 is 6.09 Å². The molecule has 0 aromatic heterocycles. The van der Waals surface area contributed by atoms with Gasteiger partial charge >= 0.3 is 6.09 Å². The fraction of sp³-hybridized carbons (Fsp3) is 0.500. The van der Waals surface area contributed by atoms with Crippen molar-refractivity contribution in [3.8, 4) is 5.75 Å². The number of hydrogen-bond acceptors (Lipinski definition) is 4. The van der Waals surface area contributed by atoms with Crippen molar-refractivity contribution in [1.29, 1.82) is 0 Å². The first-order chi connectivity index (χ1) is 9.00. The summed E-state index contributed by atoms with van der Waals surface area (Å²) in [6.07, 6.45) is 0.172. The van der Waals surface area contributed by atoms with Gasteiger partial charge in [0.15, 0.2) is 0 Å². The van der Waals surface area contributed by atoms with Crippen LogP contribution in [0.2, 0.25) is 0 Å². The highest BCUT2D eigenvalue weighted by atomic mass is 16.5. The van der Waals surface area contributed by atoms with Gasteiger partial charge in [-0.3, -0.25) is 0 Å². The molecular weight excluding hydrogens is 244 g/mol. The van der Waals surface area contributed by atoms with Gasteiger partial charge in [0.2, 0.25) is 0 Å². The van der Waals surface area contributed by atoms with Crippen LogP contribution in [0.3, 0.4) is 0 Å². The van der Waals surface area contributed by atoms with Crippen molar-refractivity contribution in [2.45, 2.75) is 32.2 Å². The van der Waals surface area contributed by atoms with E-state index in [1.807, 2.05) is 6.07 Å². The first-order valence-electron chi connectivity index (χ1n) is 6.48. The highest BCUT2D eigenvalue weighted by molar-refractivity contribution is 5.64. The monoisotopic (exact) mass is 264 g/mol. The van der Waals surface area contributed by atoms with Gasteiger partial charge < -0.3 is 20.9 Å². The van der Waals surface area contributed by atoms with Crippen molar-refractivity contribution in [3.63, 3.8) is 0 Å². The maximum atomic E-state index is 10.5. The molecule has 19 heavy (non-hydrogen) atoms. The summed E-state index contributed by atoms with van der Waals surface area (Å²) < 4.78 is 4.68. The summed E-state index contributed by atoms with van der Waals surface area (Å²) in [4.78, 5) is 10.5. The van der Waals surface area contributed by atoms with Gasteiger partial charge in [0.25, 0.3) is 0 Å². The molecular formula is C14H20N2O3. The molecule has 2 rings (SSSR count). The molecule has 0 spiro atoms. The smallest absolute Gasteiger partial charge is 0.404 e. The number of hydrogen-bond donors (Lipinski definition) is 3. The number of aromatic hydroxyl groups is 1. The van der Waals surface area contributed by atoms with Gasteiger partial charge in [-0.05, 0) is 36.5 Å². The molecule has 5 nitrogen and oxygen atoms in total. The number of primary amides is 1. The van der Waals surface area contributed by atoms with Crippen LogP contribution in [-0.4, -0.2) is 24.4 Å². The Morgan fingerprint density at radius 3 is 2.95 bits per heavy atom. The van der Waals surface area contributed by atoms with Crippen LogP contribution < -0.4 is 11.1 Å². The van der Waals surface area contributed by atoms with Crippen LogP contribution in [0.4, 0.5) is 4.79 Å². The molecule has 2 unspecified atom stereocenters. The second-order valence-corrected chi connectivity index (χ2v) is 5.04. The zero-order chi connectivity index (χ0) is 14.0. The Morgan fingerprint density at radius 2 is 2.26 bits per heavy atom. The van der Waals surface area contributed by atoms with Gasteiger partial charge in [-0.1, -0.05) is 13.0 Å². The summed E-state index contributed by atoms with van der Waals surface area (Å²) in [5, 5.41) is 13.3. The van der Waals surface area contributed by atoms with E-state index in [4.69, 9.17) is 5.73 Å². The first kappa shape index (κ1) is 13.7. The van der Waals surface area contributed by atoms with Gasteiger partial charge in [-0.25, -0.2) is 4.79 Å². The molecule has 4 N–H and O–H groups in total. The van der Waals surface area contributed by atoms with Crippen LogP contribution in [0.1, 0.15) is 42.0 Å². The summed E-state index contributed by atoms with van der Waals surface area (Å²) in [5.74, 6) is 0.745. The van der Waals surface area contributed by atoms with Crippen molar-refractivity contribution < 1.29 is 14.6 Å². The lowest BCUT2D eigenvalue weighted by molar-refractivity contribution is 0.156. The number of ether oxygens (including phenoxy) is 1. The second kappa shape index (κ2) is 5.48. The quantitative estimate of drug-likeness (QED) is 0.725. The summed E-state index contributed by atoms with van der Waals surface area (Å²) >= 11 is 0. The topological polar surface area (TPSA) is 84.6 Å². The zero-order valence-electron chi connectivity index (χ0n) is 11.3. The Balaban J connectivity index is 2.07. The number of phenols is 1. The average Bonchev–Trinajstić information content (AvgIpc) is 2.68. The molecule has 0 bridgehead atoms. The summed E-state index contributed by atoms with van der Waals surface area (Å²) in [6, 6.07) is 3.78. The van der Waals surface area contributed by atoms with Crippen molar-refractivity contribution in [2.24, 2.45) is 5.73 Å². The number of carbonyl (C=O) groups is 1. The molecule has 5 heteroatoms. The van der Waals surface area contributed by atoms with E-state index in [0.717, 1.165) is 12.0 Å². The van der Waals surface area contributed by atoms with E-state index in [9.17, 15) is 9.90 Å². The van der Waals surface area contributed by atoms with Crippen molar-refractivity contribution in [1.82, 2.24) is 5.32 Å². The molecule has 0 saturated heterocycles. The normalized spacial score (nSPS) is 21.2. The minimum absolute atomic E-state index is 0.0985. The Morgan fingerprint density at radius 1 is 1.53 bits per heavy atom. The zero-order valence-corrected chi connectivity index (χ0v) is 11.3. The standard InChI is InChI=1S/C14H20N2O3/c1-8-3-4-11(17)13-10(7-9(2)12(8)13)16-5-6-19-14(15)18/h3-4,9-10,16-17H,5-7H2,1-2H3,(H2,15,18). The van der Waals surface area contributed by atoms with E-state index in [1.54, 1.807) is 6.07 Å². The summed E-state index contributed by atoms with van der Waals surface area (Å²) in [7, 11) is 0. The Kier molecular flexibility index (Phi) is 3.95. The Labute approximate surface area is 112 Å². The van der Waals surface area contributed by atoms with Gasteiger partial charge in [0.05, 0.1) is 0 Å². The predicted molar refractivity (Wildman–Crippen MR) is 72.2 cm³/mol. The fourth-order valence-corrected chi connectivity index (χ4v) is 2.91. The first-order valence-corrected chi connectivity index (χ1v) is 6.48. The van der Waals surface area contributed by atoms with Crippen molar-refractivity contribution >= 4 is 6.09 Å². The number of carbonyl (C=O) groups excluding carboxylic acids is 1. The van der Waals surface area contributed by atoms with Gasteiger partial charge in [0.1, 0.15) is 12.4 Å². The lowest BCUT2D eigenvalue weighted by Gasteiger charge is -2.15. The van der Waals surface area contributed by atoms with Crippen LogP contribution in [0.25, 0.3) is 0 Å². The SMILES string of the molecule is Cc1ccc(O)c2c1C(C)CC2NCCOC(N)=O. The minimum atomic E-state index is -0.763. The largest absolute Gasteiger partial charge is 0.508 e. The second-order valence-electron chi connectivity index (χ2n) is 5.04. The van der Waals surface area contributed by atoms with E-state index in [0.29, 0.717) is 18.2 Å². The molecule has 0 aliphatic heterocycles. The molecule has 1 aromatic carbocycles. The van der Waals surface area contributed by atoms with Gasteiger partial charge in [-0.15, -0.1) is 0 Å². The maximum absolute atomic E-state index is 10.5. The Hall–Kier alpha value is -1.75. The summed E-state index contributed by atoms with van der Waals surface area (Å²) in [6.45, 7) is 4.98. The van der Waals surface area contributed by atoms with E-state index in [2.05, 4.69) is 23.9 Å². The number of nitrogens with two attached hydrogens (primary N) is 1. The lowest BCUT2D eigenvalue weighted by atomic mass is 9.97. The number of phenolic OH excluding ortho intramolecular Hbond substituents is 1. The van der Waals surface area contributed by atoms with Gasteiger partial charge in [-0.2, -0.15) is 0 Å². The Bertz CT molecular complexity index is 488. The van der Waals surface area contributed by atoms with Crippen LogP contribution in [0.5, 0.6) is 5.75 Å². The molecule has 1 aliphatic rings. The van der Waals surface area contributed by atoms with Crippen LogP contribution in [-0.2, 0) is 4.74 Å². The molecule has 1 aromatic rings. The molecule has 1 amide bonds. The number of rotatable bonds is 4. The fourth-order valence-electron chi connectivity index (χ4n) is 2.91. The molecule has 2 atom stereocenters. The van der Waals surface area contributed by atoms with E-state index >= 15 is 0 Å². The van der Waals surface area contributed by atoms with Crippen molar-refractivity contribution in [2.75, 3.05) is 13.2 Å². The average molecular weight is 264 g/mol. The van der Waals surface area contributed by atoms with E-state index in [1.165, 1.54) is 11.1 Å². The molecule has 0 radical (unpaired) electrons. The number of benzene rings is 1. The van der Waals surface area contributed by atoms with Gasteiger partial charge in [0, 0.05) is 18.2 Å². The van der Waals surface area contributed by atoms with Crippen LogP contribution in [0.15, 0.2) is 12.1 Å². The highest BCUT2D eigenvalue weighted by Gasteiger charge is 2.31. The number of fused-ring (bicyclic) bond motifs is 1. The molecule has 104 valence electrons. The minimum Gasteiger partial charge on any atom is -0.508 e. The third kappa shape index (κ3) is 2.81. The predicted octanol–water partition coefficient (Wildman–Crippen LogP) is 1.93. The van der Waals surface area contributed by atoms with Crippen LogP contribution >= 0.6 is 0 Å². The lowest BCUT2D eigenvalue weighted by Crippen LogP contribution is -2.26. The number of amides is 1. The molecule has 0 fully saturated rings. The molecule has 0 saturated carbocycles. The number of aryl methyl sites for hydroxylation is 1. The number of nitrogens with one attached hydrogen (secondary N) is 1. The van der Waals surface area contributed by atoms with Crippen LogP contribution in [0, 0.1) is 6.92 Å². The maximum Gasteiger partial charge on any atom is 0.404 e. The highest BCUT2D eigenvalue weighted by Crippen LogP contribution is 2.45.